The first-order valence-electron chi connectivity index (χ1n) is 7.93. The van der Waals surface area contributed by atoms with Crippen LogP contribution in [-0.2, 0) is 14.2 Å². The second kappa shape index (κ2) is 20.9. The third-order valence-corrected chi connectivity index (χ3v) is 2.81. The maximum Gasteiger partial charge on any atom is 0.191 e. The standard InChI is InChI=1S/C15H33N3O3.HI/c1-4-16-15(17-9-6-5-7-11-19-2)18-10-8-12-21-14-13-20-3;/h4-14H2,1-3H3,(H2,16,17,18);1H. The normalized spacial score (nSPS) is 11.1. The summed E-state index contributed by atoms with van der Waals surface area (Å²) >= 11 is 0. The van der Waals surface area contributed by atoms with Crippen LogP contribution < -0.4 is 10.6 Å². The smallest absolute Gasteiger partial charge is 0.191 e. The molecule has 22 heavy (non-hydrogen) atoms. The molecule has 0 saturated carbocycles. The third kappa shape index (κ3) is 17.9. The third-order valence-electron chi connectivity index (χ3n) is 2.81. The van der Waals surface area contributed by atoms with Crippen molar-refractivity contribution in [2.75, 3.05) is 60.3 Å². The fourth-order valence-corrected chi connectivity index (χ4v) is 1.70. The fourth-order valence-electron chi connectivity index (χ4n) is 1.70. The van der Waals surface area contributed by atoms with Gasteiger partial charge in [0.15, 0.2) is 5.96 Å². The number of unbranched alkanes of at least 4 members (excludes halogenated alkanes) is 2. The summed E-state index contributed by atoms with van der Waals surface area (Å²) in [6.45, 7) is 7.53. The van der Waals surface area contributed by atoms with E-state index in [1.807, 2.05) is 0 Å². The van der Waals surface area contributed by atoms with Crippen LogP contribution in [0.2, 0.25) is 0 Å². The quantitative estimate of drug-likeness (QED) is 0.191. The Balaban J connectivity index is 0. The van der Waals surface area contributed by atoms with Crippen LogP contribution in [0, 0.1) is 0 Å². The van der Waals surface area contributed by atoms with E-state index in [1.165, 1.54) is 6.42 Å². The van der Waals surface area contributed by atoms with Gasteiger partial charge in [0.1, 0.15) is 0 Å². The van der Waals surface area contributed by atoms with Gasteiger partial charge < -0.3 is 24.8 Å². The van der Waals surface area contributed by atoms with Crippen LogP contribution in [0.1, 0.15) is 32.6 Å². The van der Waals surface area contributed by atoms with Gasteiger partial charge in [0.2, 0.25) is 0 Å². The SMILES string of the molecule is CCNC(=NCCCOCCOC)NCCCCCOC.I. The molecule has 0 heterocycles. The molecule has 134 valence electrons. The average molecular weight is 431 g/mol. The van der Waals surface area contributed by atoms with E-state index < -0.39 is 0 Å². The fraction of sp³-hybridized carbons (Fsp3) is 0.933. The van der Waals surface area contributed by atoms with Gasteiger partial charge in [0.25, 0.3) is 0 Å². The zero-order valence-corrected chi connectivity index (χ0v) is 16.7. The molecule has 0 atom stereocenters. The van der Waals surface area contributed by atoms with E-state index in [2.05, 4.69) is 22.5 Å². The van der Waals surface area contributed by atoms with Crippen molar-refractivity contribution in [1.82, 2.24) is 10.6 Å². The molecule has 0 aromatic heterocycles. The summed E-state index contributed by atoms with van der Waals surface area (Å²) in [6.07, 6.45) is 4.35. The molecule has 0 aromatic carbocycles. The molecule has 6 nitrogen and oxygen atoms in total. The van der Waals surface area contributed by atoms with Crippen molar-refractivity contribution in [2.24, 2.45) is 4.99 Å². The number of hydrogen-bond acceptors (Lipinski definition) is 4. The number of methoxy groups -OCH3 is 2. The van der Waals surface area contributed by atoms with Crippen LogP contribution in [0.25, 0.3) is 0 Å². The average Bonchev–Trinajstić information content (AvgIpc) is 2.49. The summed E-state index contributed by atoms with van der Waals surface area (Å²) in [6, 6.07) is 0. The van der Waals surface area contributed by atoms with Gasteiger partial charge in [0.05, 0.1) is 13.2 Å². The monoisotopic (exact) mass is 431 g/mol. The summed E-state index contributed by atoms with van der Waals surface area (Å²) in [5.74, 6) is 0.890. The molecule has 0 rings (SSSR count). The summed E-state index contributed by atoms with van der Waals surface area (Å²) in [5.41, 5.74) is 0. The molecule has 0 radical (unpaired) electrons. The van der Waals surface area contributed by atoms with E-state index in [9.17, 15) is 0 Å². The number of halogens is 1. The number of nitrogens with one attached hydrogen (secondary N) is 2. The van der Waals surface area contributed by atoms with Gasteiger partial charge in [-0.1, -0.05) is 0 Å². The van der Waals surface area contributed by atoms with Crippen LogP contribution in [0.5, 0.6) is 0 Å². The molecule has 0 saturated heterocycles. The van der Waals surface area contributed by atoms with Crippen LogP contribution in [0.3, 0.4) is 0 Å². The Kier molecular flexibility index (Phi) is 22.9. The first-order chi connectivity index (χ1) is 10.3. The number of rotatable bonds is 14. The van der Waals surface area contributed by atoms with Gasteiger partial charge in [0, 0.05) is 47.1 Å². The molecule has 0 aromatic rings. The lowest BCUT2D eigenvalue weighted by Crippen LogP contribution is -2.37. The van der Waals surface area contributed by atoms with Gasteiger partial charge >= 0.3 is 0 Å². The van der Waals surface area contributed by atoms with Crippen LogP contribution in [0.15, 0.2) is 4.99 Å². The van der Waals surface area contributed by atoms with E-state index in [4.69, 9.17) is 14.2 Å². The van der Waals surface area contributed by atoms with Crippen molar-refractivity contribution in [3.05, 3.63) is 0 Å². The van der Waals surface area contributed by atoms with Crippen molar-refractivity contribution < 1.29 is 14.2 Å². The minimum absolute atomic E-state index is 0. The largest absolute Gasteiger partial charge is 0.385 e. The molecule has 0 amide bonds. The Morgan fingerprint density at radius 2 is 1.64 bits per heavy atom. The van der Waals surface area contributed by atoms with Crippen LogP contribution in [-0.4, -0.2) is 66.2 Å². The zero-order valence-electron chi connectivity index (χ0n) is 14.4. The zero-order chi connectivity index (χ0) is 15.6. The summed E-state index contributed by atoms with van der Waals surface area (Å²) in [4.78, 5) is 4.52. The Labute approximate surface area is 152 Å². The highest BCUT2D eigenvalue weighted by molar-refractivity contribution is 14.0. The molecule has 0 bridgehead atoms. The minimum atomic E-state index is 0. The Morgan fingerprint density at radius 1 is 0.864 bits per heavy atom. The van der Waals surface area contributed by atoms with Crippen molar-refractivity contribution in [3.63, 3.8) is 0 Å². The van der Waals surface area contributed by atoms with Crippen molar-refractivity contribution in [3.8, 4) is 0 Å². The Bertz CT molecular complexity index is 244. The lowest BCUT2D eigenvalue weighted by Gasteiger charge is -2.11. The van der Waals surface area contributed by atoms with Crippen molar-refractivity contribution >= 4 is 29.9 Å². The van der Waals surface area contributed by atoms with Crippen LogP contribution >= 0.6 is 24.0 Å². The maximum absolute atomic E-state index is 5.40. The van der Waals surface area contributed by atoms with E-state index in [-0.39, 0.29) is 24.0 Å². The van der Waals surface area contributed by atoms with E-state index in [0.717, 1.165) is 58.1 Å². The molecule has 0 aliphatic rings. The number of guanidine groups is 1. The maximum atomic E-state index is 5.40. The van der Waals surface area contributed by atoms with Gasteiger partial charge in [-0.15, -0.1) is 24.0 Å². The number of ether oxygens (including phenoxy) is 3. The van der Waals surface area contributed by atoms with Crippen LogP contribution in [0.4, 0.5) is 0 Å². The lowest BCUT2D eigenvalue weighted by molar-refractivity contribution is 0.0702. The summed E-state index contributed by atoms with van der Waals surface area (Å²) < 4.78 is 15.4. The molecular weight excluding hydrogens is 397 g/mol. The first-order valence-corrected chi connectivity index (χ1v) is 7.93. The summed E-state index contributed by atoms with van der Waals surface area (Å²) in [7, 11) is 3.42. The predicted octanol–water partition coefficient (Wildman–Crippen LogP) is 2.03. The lowest BCUT2D eigenvalue weighted by atomic mass is 10.2. The Morgan fingerprint density at radius 3 is 2.32 bits per heavy atom. The Hall–Kier alpha value is -0.120. The van der Waals surface area contributed by atoms with E-state index in [1.54, 1.807) is 14.2 Å². The van der Waals surface area contributed by atoms with Gasteiger partial charge in [-0.3, -0.25) is 4.99 Å². The summed E-state index contributed by atoms with van der Waals surface area (Å²) in [5, 5.41) is 6.60. The van der Waals surface area contributed by atoms with Crippen molar-refractivity contribution in [1.29, 1.82) is 0 Å². The topological polar surface area (TPSA) is 64.1 Å². The molecule has 0 fully saturated rings. The van der Waals surface area contributed by atoms with E-state index >= 15 is 0 Å². The van der Waals surface area contributed by atoms with Gasteiger partial charge in [-0.05, 0) is 32.6 Å². The molecule has 0 unspecified atom stereocenters. The van der Waals surface area contributed by atoms with Crippen molar-refractivity contribution in [2.45, 2.75) is 32.6 Å². The predicted molar refractivity (Wildman–Crippen MR) is 102 cm³/mol. The van der Waals surface area contributed by atoms with Gasteiger partial charge in [-0.2, -0.15) is 0 Å². The molecule has 0 aliphatic heterocycles. The molecule has 7 heteroatoms. The minimum Gasteiger partial charge on any atom is -0.385 e. The van der Waals surface area contributed by atoms with Gasteiger partial charge in [-0.25, -0.2) is 0 Å². The molecular formula is C15H34IN3O3. The second-order valence-corrected chi connectivity index (χ2v) is 4.70. The highest BCUT2D eigenvalue weighted by Crippen LogP contribution is 1.93. The molecule has 0 aliphatic carbocycles. The van der Waals surface area contributed by atoms with E-state index in [0.29, 0.717) is 13.2 Å². The number of hydrogen-bond donors (Lipinski definition) is 2. The second-order valence-electron chi connectivity index (χ2n) is 4.70. The first kappa shape index (κ1) is 24.1. The highest BCUT2D eigenvalue weighted by Gasteiger charge is 1.96. The number of aliphatic imine (C=N–C) groups is 1. The molecule has 2 N–H and O–H groups in total. The number of nitrogens with zero attached hydrogens (tertiary/aromatic N) is 1. The highest BCUT2D eigenvalue weighted by atomic mass is 127. The molecule has 0 spiro atoms.